The van der Waals surface area contributed by atoms with Crippen LogP contribution in [0.3, 0.4) is 0 Å². The second-order valence-corrected chi connectivity index (χ2v) is 7.72. The van der Waals surface area contributed by atoms with Crippen molar-refractivity contribution < 1.29 is 4.79 Å². The number of nitrogens with one attached hydrogen (secondary N) is 1. The fourth-order valence-corrected chi connectivity index (χ4v) is 4.27. The quantitative estimate of drug-likeness (QED) is 0.943. The summed E-state index contributed by atoms with van der Waals surface area (Å²) in [6.07, 6.45) is 0.548. The van der Waals surface area contributed by atoms with Crippen molar-refractivity contribution in [2.24, 2.45) is 17.8 Å². The van der Waals surface area contributed by atoms with Crippen LogP contribution in [0.15, 0.2) is 24.3 Å². The van der Waals surface area contributed by atoms with Gasteiger partial charge in [0.2, 0.25) is 0 Å². The van der Waals surface area contributed by atoms with Gasteiger partial charge in [0, 0.05) is 28.5 Å². The van der Waals surface area contributed by atoms with Crippen LogP contribution in [0, 0.1) is 24.7 Å². The predicted octanol–water partition coefficient (Wildman–Crippen LogP) is 2.64. The molecule has 0 bridgehead atoms. The molecule has 1 saturated carbocycles. The first-order valence-electron chi connectivity index (χ1n) is 8.45. The Bertz CT molecular complexity index is 773. The summed E-state index contributed by atoms with van der Waals surface area (Å²) >= 11 is 0. The summed E-state index contributed by atoms with van der Waals surface area (Å²) in [5.74, 6) is 1.84. The highest BCUT2D eigenvalue weighted by molar-refractivity contribution is 5.89. The summed E-state index contributed by atoms with van der Waals surface area (Å²) in [4.78, 5) is 12.7. The highest BCUT2D eigenvalue weighted by atomic mass is 16.1. The number of carbonyl (C=O) groups excluding carboxylic acids is 1. The van der Waals surface area contributed by atoms with Crippen molar-refractivity contribution in [3.8, 4) is 0 Å². The Balaban J connectivity index is 1.64. The first-order chi connectivity index (χ1) is 11.0. The van der Waals surface area contributed by atoms with Crippen LogP contribution in [0.25, 0.3) is 10.8 Å². The van der Waals surface area contributed by atoms with E-state index in [1.807, 2.05) is 19.1 Å². The summed E-state index contributed by atoms with van der Waals surface area (Å²) in [6.45, 7) is 8.24. The number of aryl methyl sites for hydroxylation is 1. The van der Waals surface area contributed by atoms with E-state index in [0.717, 1.165) is 35.2 Å². The van der Waals surface area contributed by atoms with Gasteiger partial charge < -0.3 is 5.32 Å². The molecule has 4 rings (SSSR count). The lowest BCUT2D eigenvalue weighted by Crippen LogP contribution is -2.27. The predicted molar refractivity (Wildman–Crippen MR) is 90.3 cm³/mol. The highest BCUT2D eigenvalue weighted by Crippen LogP contribution is 2.50. The Morgan fingerprint density at radius 1 is 1.17 bits per heavy atom. The lowest BCUT2D eigenvalue weighted by atomic mass is 9.80. The number of Topliss-reactive ketones (excluding diaryl/α,β-unsaturated/α-hetero) is 1. The van der Waals surface area contributed by atoms with Gasteiger partial charge in [-0.2, -0.15) is 10.2 Å². The van der Waals surface area contributed by atoms with E-state index in [4.69, 9.17) is 0 Å². The molecule has 2 aliphatic rings. The highest BCUT2D eigenvalue weighted by Gasteiger charge is 2.56. The fraction of sp³-hybridized carbons (Fsp3) is 0.526. The number of nitrogens with zero attached hydrogens (tertiary/aromatic N) is 2. The maximum absolute atomic E-state index is 12.7. The molecule has 0 amide bonds. The zero-order chi connectivity index (χ0) is 16.2. The van der Waals surface area contributed by atoms with E-state index in [2.05, 4.69) is 41.5 Å². The summed E-state index contributed by atoms with van der Waals surface area (Å²) in [5.41, 5.74) is 1.59. The number of benzene rings is 1. The van der Waals surface area contributed by atoms with Crippen molar-refractivity contribution in [1.82, 2.24) is 15.5 Å². The Morgan fingerprint density at radius 3 is 2.52 bits per heavy atom. The second-order valence-electron chi connectivity index (χ2n) is 7.72. The second kappa shape index (κ2) is 5.10. The standard InChI is InChI=1S/C19H23N3O/c1-11-12-6-4-5-7-13(12)18(22-21-11)19(2,3)8-16(23)17-14-9-20-10-15(14)17/h4-7,14-15,17,20H,8-10H2,1-3H3/t14-,15+,17?. The fourth-order valence-electron chi connectivity index (χ4n) is 4.27. The van der Waals surface area contributed by atoms with E-state index in [1.165, 1.54) is 0 Å². The third-order valence-corrected chi connectivity index (χ3v) is 5.59. The number of aromatic nitrogens is 2. The Kier molecular flexibility index (Phi) is 3.27. The van der Waals surface area contributed by atoms with Gasteiger partial charge in [-0.3, -0.25) is 4.79 Å². The molecule has 2 aromatic rings. The van der Waals surface area contributed by atoms with Gasteiger partial charge in [0.05, 0.1) is 11.4 Å². The van der Waals surface area contributed by atoms with E-state index in [1.54, 1.807) is 0 Å². The summed E-state index contributed by atoms with van der Waals surface area (Å²) in [7, 11) is 0. The van der Waals surface area contributed by atoms with Crippen LogP contribution in [0.4, 0.5) is 0 Å². The molecule has 1 aliphatic carbocycles. The van der Waals surface area contributed by atoms with Gasteiger partial charge in [-0.15, -0.1) is 0 Å². The van der Waals surface area contributed by atoms with E-state index in [-0.39, 0.29) is 11.3 Å². The smallest absolute Gasteiger partial charge is 0.137 e. The zero-order valence-corrected chi connectivity index (χ0v) is 14.0. The van der Waals surface area contributed by atoms with Crippen LogP contribution in [0.5, 0.6) is 0 Å². The molecule has 1 aliphatic heterocycles. The third kappa shape index (κ3) is 2.36. The maximum atomic E-state index is 12.7. The number of carbonyl (C=O) groups is 1. The monoisotopic (exact) mass is 309 g/mol. The topological polar surface area (TPSA) is 54.9 Å². The molecule has 23 heavy (non-hydrogen) atoms. The SMILES string of the molecule is Cc1nnc(C(C)(C)CC(=O)C2[C@H]3CNC[C@@H]23)c2ccccc12. The molecule has 1 N–H and O–H groups in total. The first kappa shape index (κ1) is 14.8. The summed E-state index contributed by atoms with van der Waals surface area (Å²) in [6, 6.07) is 8.23. The van der Waals surface area contributed by atoms with Gasteiger partial charge in [-0.25, -0.2) is 0 Å². The lowest BCUT2D eigenvalue weighted by Gasteiger charge is -2.25. The van der Waals surface area contributed by atoms with Gasteiger partial charge in [-0.05, 0) is 31.8 Å². The van der Waals surface area contributed by atoms with E-state index < -0.39 is 0 Å². The van der Waals surface area contributed by atoms with E-state index in [9.17, 15) is 4.79 Å². The minimum Gasteiger partial charge on any atom is -0.316 e. The molecule has 4 nitrogen and oxygen atoms in total. The molecule has 1 aromatic heterocycles. The van der Waals surface area contributed by atoms with Gasteiger partial charge in [0.15, 0.2) is 0 Å². The Hall–Kier alpha value is -1.81. The molecule has 120 valence electrons. The maximum Gasteiger partial charge on any atom is 0.137 e. The molecule has 1 unspecified atom stereocenters. The molecule has 1 aromatic carbocycles. The lowest BCUT2D eigenvalue weighted by molar-refractivity contribution is -0.122. The van der Waals surface area contributed by atoms with E-state index >= 15 is 0 Å². The van der Waals surface area contributed by atoms with Gasteiger partial charge >= 0.3 is 0 Å². The molecule has 3 atom stereocenters. The number of hydrogen-bond donors (Lipinski definition) is 1. The molecule has 1 saturated heterocycles. The molecule has 0 spiro atoms. The van der Waals surface area contributed by atoms with Crippen molar-refractivity contribution in [2.45, 2.75) is 32.6 Å². The van der Waals surface area contributed by atoms with Crippen LogP contribution in [0.2, 0.25) is 0 Å². The minimum absolute atomic E-state index is 0.278. The summed E-state index contributed by atoms with van der Waals surface area (Å²) in [5, 5.41) is 14.4. The number of piperidine rings is 1. The van der Waals surface area contributed by atoms with Crippen molar-refractivity contribution in [2.75, 3.05) is 13.1 Å². The van der Waals surface area contributed by atoms with Crippen LogP contribution >= 0.6 is 0 Å². The van der Waals surface area contributed by atoms with Crippen molar-refractivity contribution >= 4 is 16.6 Å². The average Bonchev–Trinajstić information content (AvgIpc) is 3.01. The number of fused-ring (bicyclic) bond motifs is 2. The van der Waals surface area contributed by atoms with Crippen LogP contribution in [0.1, 0.15) is 31.7 Å². The molecule has 2 fully saturated rings. The summed E-state index contributed by atoms with van der Waals surface area (Å²) < 4.78 is 0. The van der Waals surface area contributed by atoms with Crippen LogP contribution in [-0.4, -0.2) is 29.1 Å². The van der Waals surface area contributed by atoms with Crippen LogP contribution in [-0.2, 0) is 10.2 Å². The normalized spacial score (nSPS) is 26.3. The third-order valence-electron chi connectivity index (χ3n) is 5.59. The molecule has 2 heterocycles. The van der Waals surface area contributed by atoms with Gasteiger partial charge in [0.25, 0.3) is 0 Å². The van der Waals surface area contributed by atoms with Crippen LogP contribution < -0.4 is 5.32 Å². The number of hydrogen-bond acceptors (Lipinski definition) is 4. The largest absolute Gasteiger partial charge is 0.316 e. The Labute approximate surface area is 136 Å². The molecule has 4 heteroatoms. The first-order valence-corrected chi connectivity index (χ1v) is 8.45. The molecular formula is C19H23N3O. The number of rotatable bonds is 4. The average molecular weight is 309 g/mol. The van der Waals surface area contributed by atoms with Gasteiger partial charge in [0.1, 0.15) is 5.78 Å². The molecular weight excluding hydrogens is 286 g/mol. The molecule has 0 radical (unpaired) electrons. The number of ketones is 1. The van der Waals surface area contributed by atoms with E-state index in [0.29, 0.717) is 24.0 Å². The van der Waals surface area contributed by atoms with Crippen molar-refractivity contribution in [3.05, 3.63) is 35.7 Å². The Morgan fingerprint density at radius 2 is 1.83 bits per heavy atom. The minimum atomic E-state index is -0.290. The van der Waals surface area contributed by atoms with Crippen molar-refractivity contribution in [3.63, 3.8) is 0 Å². The van der Waals surface area contributed by atoms with Gasteiger partial charge in [-0.1, -0.05) is 38.1 Å². The van der Waals surface area contributed by atoms with Crippen molar-refractivity contribution in [1.29, 1.82) is 0 Å². The zero-order valence-electron chi connectivity index (χ0n) is 14.0.